The number of hydrogen-bond donors (Lipinski definition) is 1. The van der Waals surface area contributed by atoms with Gasteiger partial charge in [0.1, 0.15) is 11.4 Å². The maximum Gasteiger partial charge on any atom is 0.129 e. The summed E-state index contributed by atoms with van der Waals surface area (Å²) in [6.45, 7) is 12.9. The van der Waals surface area contributed by atoms with Gasteiger partial charge in [-0.2, -0.15) is 5.10 Å². The van der Waals surface area contributed by atoms with Crippen molar-refractivity contribution in [2.24, 2.45) is 5.92 Å². The molecule has 2 aromatic heterocycles. The lowest BCUT2D eigenvalue weighted by atomic mass is 10.1. The fourth-order valence-electron chi connectivity index (χ4n) is 2.16. The van der Waals surface area contributed by atoms with Crippen LogP contribution < -0.4 is 5.32 Å². The van der Waals surface area contributed by atoms with Gasteiger partial charge in [-0.05, 0) is 33.2 Å². The first kappa shape index (κ1) is 14.7. The van der Waals surface area contributed by atoms with E-state index in [0.29, 0.717) is 12.5 Å². The molecule has 0 saturated heterocycles. The second kappa shape index (κ2) is 6.17. The molecular weight excluding hydrogens is 254 g/mol. The van der Waals surface area contributed by atoms with Gasteiger partial charge in [0.15, 0.2) is 0 Å². The predicted molar refractivity (Wildman–Crippen MR) is 76.4 cm³/mol. The van der Waals surface area contributed by atoms with Gasteiger partial charge in [0.05, 0.1) is 12.2 Å². The quantitative estimate of drug-likeness (QED) is 0.874. The van der Waals surface area contributed by atoms with E-state index in [1.807, 2.05) is 18.5 Å². The summed E-state index contributed by atoms with van der Waals surface area (Å²) in [7, 11) is 0. The maximum atomic E-state index is 4.73. The normalized spacial score (nSPS) is 11.5. The van der Waals surface area contributed by atoms with Crippen LogP contribution in [0.4, 0.5) is 0 Å². The van der Waals surface area contributed by atoms with Crippen LogP contribution in [0.1, 0.15) is 42.2 Å². The topological polar surface area (TPSA) is 68.8 Å². The number of aryl methyl sites for hydroxylation is 2. The van der Waals surface area contributed by atoms with Crippen LogP contribution in [-0.4, -0.2) is 26.6 Å². The van der Waals surface area contributed by atoms with Crippen LogP contribution in [0.2, 0.25) is 0 Å². The minimum Gasteiger partial charge on any atom is -0.312 e. The molecule has 0 aliphatic heterocycles. The molecule has 110 valence electrons. The third kappa shape index (κ3) is 3.25. The van der Waals surface area contributed by atoms with Crippen LogP contribution in [-0.2, 0) is 13.1 Å². The minimum absolute atomic E-state index is 0.603. The van der Waals surface area contributed by atoms with Crippen molar-refractivity contribution in [3.63, 3.8) is 0 Å². The molecule has 0 spiro atoms. The standard InChI is InChI=1S/C14H23N5O/c1-9(2)6-15-7-13-10(3)16-19(12(13)5)8-14-11(4)17-20-18-14/h9,15H,6-8H2,1-5H3. The highest BCUT2D eigenvalue weighted by atomic mass is 16.6. The van der Waals surface area contributed by atoms with E-state index in [1.165, 1.54) is 11.3 Å². The summed E-state index contributed by atoms with van der Waals surface area (Å²) >= 11 is 0. The third-order valence-electron chi connectivity index (χ3n) is 3.43. The van der Waals surface area contributed by atoms with Crippen LogP contribution in [0, 0.1) is 26.7 Å². The Morgan fingerprint density at radius 3 is 2.50 bits per heavy atom. The fourth-order valence-corrected chi connectivity index (χ4v) is 2.16. The van der Waals surface area contributed by atoms with Gasteiger partial charge >= 0.3 is 0 Å². The van der Waals surface area contributed by atoms with E-state index in [2.05, 4.69) is 41.5 Å². The van der Waals surface area contributed by atoms with Crippen molar-refractivity contribution < 1.29 is 4.63 Å². The van der Waals surface area contributed by atoms with Crippen molar-refractivity contribution in [3.05, 3.63) is 28.3 Å². The minimum atomic E-state index is 0.603. The number of nitrogens with zero attached hydrogens (tertiary/aromatic N) is 4. The summed E-state index contributed by atoms with van der Waals surface area (Å²) in [5.74, 6) is 0.648. The Labute approximate surface area is 119 Å². The molecule has 0 aliphatic carbocycles. The Hall–Kier alpha value is -1.69. The number of rotatable bonds is 6. The summed E-state index contributed by atoms with van der Waals surface area (Å²) in [5.41, 5.74) is 5.14. The molecule has 0 aliphatic rings. The van der Waals surface area contributed by atoms with Gasteiger partial charge in [-0.15, -0.1) is 0 Å². The summed E-state index contributed by atoms with van der Waals surface area (Å²) < 4.78 is 6.70. The van der Waals surface area contributed by atoms with Gasteiger partial charge in [0, 0.05) is 17.8 Å². The molecule has 0 radical (unpaired) electrons. The molecule has 6 nitrogen and oxygen atoms in total. The second-order valence-electron chi connectivity index (χ2n) is 5.63. The first-order chi connectivity index (χ1) is 9.49. The smallest absolute Gasteiger partial charge is 0.129 e. The molecule has 2 aromatic rings. The van der Waals surface area contributed by atoms with Crippen molar-refractivity contribution >= 4 is 0 Å². The van der Waals surface area contributed by atoms with Crippen LogP contribution in [0.15, 0.2) is 4.63 Å². The fraction of sp³-hybridized carbons (Fsp3) is 0.643. The van der Waals surface area contributed by atoms with Gasteiger partial charge in [-0.1, -0.05) is 24.2 Å². The first-order valence-electron chi connectivity index (χ1n) is 7.00. The first-order valence-corrected chi connectivity index (χ1v) is 7.00. The van der Waals surface area contributed by atoms with Crippen molar-refractivity contribution in [1.29, 1.82) is 0 Å². The molecule has 0 aromatic carbocycles. The van der Waals surface area contributed by atoms with E-state index in [0.717, 1.165) is 30.2 Å². The zero-order valence-corrected chi connectivity index (χ0v) is 12.9. The molecule has 0 unspecified atom stereocenters. The molecule has 0 bridgehead atoms. The molecule has 6 heteroatoms. The molecule has 0 amide bonds. The van der Waals surface area contributed by atoms with Gasteiger partial charge in [0.2, 0.25) is 0 Å². The summed E-state index contributed by atoms with van der Waals surface area (Å²) in [4.78, 5) is 0. The zero-order chi connectivity index (χ0) is 14.7. The zero-order valence-electron chi connectivity index (χ0n) is 12.9. The molecule has 1 N–H and O–H groups in total. The SMILES string of the molecule is Cc1nonc1Cn1nc(C)c(CNCC(C)C)c1C. The Balaban J connectivity index is 2.10. The molecule has 0 saturated carbocycles. The van der Waals surface area contributed by atoms with E-state index in [-0.39, 0.29) is 0 Å². The highest BCUT2D eigenvalue weighted by Crippen LogP contribution is 2.15. The van der Waals surface area contributed by atoms with Crippen LogP contribution in [0.25, 0.3) is 0 Å². The summed E-state index contributed by atoms with van der Waals surface area (Å²) in [6, 6.07) is 0. The molecule has 2 rings (SSSR count). The lowest BCUT2D eigenvalue weighted by Crippen LogP contribution is -2.19. The third-order valence-corrected chi connectivity index (χ3v) is 3.43. The highest BCUT2D eigenvalue weighted by Gasteiger charge is 2.14. The Morgan fingerprint density at radius 1 is 1.15 bits per heavy atom. The van der Waals surface area contributed by atoms with Crippen LogP contribution >= 0.6 is 0 Å². The van der Waals surface area contributed by atoms with Crippen molar-refractivity contribution in [2.45, 2.75) is 47.7 Å². The van der Waals surface area contributed by atoms with Gasteiger partial charge in [-0.25, -0.2) is 4.63 Å². The maximum absolute atomic E-state index is 4.73. The average molecular weight is 277 g/mol. The van der Waals surface area contributed by atoms with Crippen LogP contribution in [0.3, 0.4) is 0 Å². The Morgan fingerprint density at radius 2 is 1.90 bits per heavy atom. The van der Waals surface area contributed by atoms with Crippen LogP contribution in [0.5, 0.6) is 0 Å². The van der Waals surface area contributed by atoms with E-state index in [1.54, 1.807) is 0 Å². The average Bonchev–Trinajstić information content (AvgIpc) is 2.88. The number of nitrogens with one attached hydrogen (secondary N) is 1. The second-order valence-corrected chi connectivity index (χ2v) is 5.63. The molecule has 20 heavy (non-hydrogen) atoms. The van der Waals surface area contributed by atoms with Gasteiger partial charge in [0.25, 0.3) is 0 Å². The lowest BCUT2D eigenvalue weighted by Gasteiger charge is -2.08. The van der Waals surface area contributed by atoms with Gasteiger partial charge in [-0.3, -0.25) is 4.68 Å². The van der Waals surface area contributed by atoms with E-state index < -0.39 is 0 Å². The van der Waals surface area contributed by atoms with E-state index in [9.17, 15) is 0 Å². The van der Waals surface area contributed by atoms with Crippen molar-refractivity contribution in [2.75, 3.05) is 6.54 Å². The number of hydrogen-bond acceptors (Lipinski definition) is 5. The Kier molecular flexibility index (Phi) is 4.54. The predicted octanol–water partition coefficient (Wildman–Crippen LogP) is 1.99. The molecule has 0 fully saturated rings. The van der Waals surface area contributed by atoms with Gasteiger partial charge < -0.3 is 5.32 Å². The molecule has 2 heterocycles. The van der Waals surface area contributed by atoms with Crippen molar-refractivity contribution in [1.82, 2.24) is 25.4 Å². The lowest BCUT2D eigenvalue weighted by molar-refractivity contribution is 0.300. The summed E-state index contributed by atoms with van der Waals surface area (Å²) in [5, 5.41) is 15.8. The monoisotopic (exact) mass is 277 g/mol. The van der Waals surface area contributed by atoms with E-state index in [4.69, 9.17) is 4.63 Å². The molecular formula is C14H23N5O. The number of aromatic nitrogens is 4. The Bertz CT molecular complexity index is 570. The molecule has 0 atom stereocenters. The van der Waals surface area contributed by atoms with Crippen molar-refractivity contribution in [3.8, 4) is 0 Å². The highest BCUT2D eigenvalue weighted by molar-refractivity contribution is 5.25. The summed E-state index contributed by atoms with van der Waals surface area (Å²) in [6.07, 6.45) is 0. The largest absolute Gasteiger partial charge is 0.312 e. The van der Waals surface area contributed by atoms with E-state index >= 15 is 0 Å².